The molecule has 2 rings (SSSR count). The minimum absolute atomic E-state index is 0.598. The van der Waals surface area contributed by atoms with E-state index in [0.29, 0.717) is 6.04 Å². The smallest absolute Gasteiger partial charge is 0.0378 e. The van der Waals surface area contributed by atoms with Crippen LogP contribution >= 0.6 is 0 Å². The van der Waals surface area contributed by atoms with Crippen LogP contribution in [0.2, 0.25) is 0 Å². The predicted molar refractivity (Wildman–Crippen MR) is 60.9 cm³/mol. The van der Waals surface area contributed by atoms with Gasteiger partial charge >= 0.3 is 0 Å². The molecule has 0 fully saturated rings. The van der Waals surface area contributed by atoms with Crippen molar-refractivity contribution in [3.63, 3.8) is 0 Å². The van der Waals surface area contributed by atoms with Crippen molar-refractivity contribution in [3.8, 4) is 0 Å². The Hall–Kier alpha value is -1.02. The van der Waals surface area contributed by atoms with Gasteiger partial charge in [-0.05, 0) is 50.6 Å². The molecule has 1 aromatic carbocycles. The molecule has 0 spiro atoms. The van der Waals surface area contributed by atoms with Crippen molar-refractivity contribution in [2.75, 3.05) is 18.9 Å². The highest BCUT2D eigenvalue weighted by molar-refractivity contribution is 5.59. The van der Waals surface area contributed by atoms with Crippen molar-refractivity contribution in [1.29, 1.82) is 0 Å². The molecule has 0 radical (unpaired) electrons. The van der Waals surface area contributed by atoms with Gasteiger partial charge in [0.2, 0.25) is 0 Å². The third-order valence-electron chi connectivity index (χ3n) is 2.83. The van der Waals surface area contributed by atoms with Crippen molar-refractivity contribution in [2.24, 2.45) is 0 Å². The average Bonchev–Trinajstić information content (AvgIpc) is 2.55. The lowest BCUT2D eigenvalue weighted by Gasteiger charge is -2.06. The van der Waals surface area contributed by atoms with E-state index < -0.39 is 0 Å². The highest BCUT2D eigenvalue weighted by atomic mass is 14.9. The number of benzene rings is 1. The van der Waals surface area contributed by atoms with E-state index in [4.69, 9.17) is 0 Å². The molecule has 1 aliphatic heterocycles. The van der Waals surface area contributed by atoms with Crippen LogP contribution < -0.4 is 10.6 Å². The molecular weight excluding hydrogens is 172 g/mol. The number of rotatable bonds is 3. The van der Waals surface area contributed by atoms with Gasteiger partial charge in [0.15, 0.2) is 0 Å². The topological polar surface area (TPSA) is 24.1 Å². The second kappa shape index (κ2) is 4.01. The fraction of sp³-hybridized carbons (Fsp3) is 0.500. The molecule has 1 unspecified atom stereocenters. The summed E-state index contributed by atoms with van der Waals surface area (Å²) in [5, 5.41) is 6.69. The Labute approximate surface area is 85.7 Å². The zero-order valence-corrected chi connectivity index (χ0v) is 8.93. The number of likely N-dealkylation sites (N-methyl/N-ethyl adjacent to an activating group) is 1. The maximum Gasteiger partial charge on any atom is 0.0378 e. The van der Waals surface area contributed by atoms with Crippen LogP contribution in [0.15, 0.2) is 18.2 Å². The van der Waals surface area contributed by atoms with E-state index in [1.807, 2.05) is 7.05 Å². The fourth-order valence-electron chi connectivity index (χ4n) is 2.13. The van der Waals surface area contributed by atoms with Crippen LogP contribution in [0, 0.1) is 0 Å². The second-order valence-electron chi connectivity index (χ2n) is 4.05. The Morgan fingerprint density at radius 1 is 1.50 bits per heavy atom. The summed E-state index contributed by atoms with van der Waals surface area (Å²) in [5.41, 5.74) is 4.36. The van der Waals surface area contributed by atoms with E-state index in [1.165, 1.54) is 23.2 Å². The predicted octanol–water partition coefficient (Wildman–Crippen LogP) is 1.80. The molecule has 2 N–H and O–H groups in total. The van der Waals surface area contributed by atoms with Crippen LogP contribution in [0.3, 0.4) is 0 Å². The number of nitrogens with one attached hydrogen (secondary N) is 2. The molecule has 0 aromatic heterocycles. The summed E-state index contributed by atoms with van der Waals surface area (Å²) in [6.45, 7) is 3.30. The lowest BCUT2D eigenvalue weighted by Crippen LogP contribution is -2.11. The van der Waals surface area contributed by atoms with Gasteiger partial charge in [-0.2, -0.15) is 0 Å². The summed E-state index contributed by atoms with van der Waals surface area (Å²) in [6, 6.07) is 7.17. The van der Waals surface area contributed by atoms with Crippen molar-refractivity contribution < 1.29 is 0 Å². The van der Waals surface area contributed by atoms with E-state index in [1.54, 1.807) is 0 Å². The van der Waals surface area contributed by atoms with Crippen LogP contribution in [0.25, 0.3) is 0 Å². The van der Waals surface area contributed by atoms with Crippen molar-refractivity contribution in [2.45, 2.75) is 25.8 Å². The van der Waals surface area contributed by atoms with Crippen LogP contribution in [-0.2, 0) is 12.8 Å². The minimum Gasteiger partial charge on any atom is -0.382 e. The summed E-state index contributed by atoms with van der Waals surface area (Å²) >= 11 is 0. The molecule has 0 saturated heterocycles. The zero-order chi connectivity index (χ0) is 9.97. The maximum atomic E-state index is 3.49. The third kappa shape index (κ3) is 1.75. The Morgan fingerprint density at radius 3 is 3.14 bits per heavy atom. The van der Waals surface area contributed by atoms with Gasteiger partial charge in [-0.1, -0.05) is 12.1 Å². The lowest BCUT2D eigenvalue weighted by molar-refractivity contribution is 0.778. The molecule has 1 atom stereocenters. The molecule has 1 aromatic rings. The highest BCUT2D eigenvalue weighted by Gasteiger charge is 2.18. The molecule has 14 heavy (non-hydrogen) atoms. The summed E-state index contributed by atoms with van der Waals surface area (Å²) in [4.78, 5) is 0. The van der Waals surface area contributed by atoms with Crippen molar-refractivity contribution >= 4 is 5.69 Å². The highest BCUT2D eigenvalue weighted by Crippen LogP contribution is 2.28. The first-order valence-electron chi connectivity index (χ1n) is 5.33. The molecule has 0 saturated carbocycles. The van der Waals surface area contributed by atoms with E-state index >= 15 is 0 Å². The molecular formula is C12H18N2. The number of hydrogen-bond donors (Lipinski definition) is 2. The maximum absolute atomic E-state index is 3.49. The van der Waals surface area contributed by atoms with Crippen molar-refractivity contribution in [1.82, 2.24) is 5.32 Å². The molecule has 1 heterocycles. The van der Waals surface area contributed by atoms with Crippen molar-refractivity contribution in [3.05, 3.63) is 29.3 Å². The van der Waals surface area contributed by atoms with Gasteiger partial charge in [-0.3, -0.25) is 0 Å². The Bertz CT molecular complexity index is 320. The molecule has 0 aliphatic carbocycles. The van der Waals surface area contributed by atoms with E-state index in [0.717, 1.165) is 13.0 Å². The molecule has 2 nitrogen and oxygen atoms in total. The van der Waals surface area contributed by atoms with Gasteiger partial charge in [-0.15, -0.1) is 0 Å². The summed E-state index contributed by atoms with van der Waals surface area (Å²) in [7, 11) is 2.00. The fourth-order valence-corrected chi connectivity index (χ4v) is 2.13. The number of fused-ring (bicyclic) bond motifs is 1. The summed E-state index contributed by atoms with van der Waals surface area (Å²) < 4.78 is 0. The minimum atomic E-state index is 0.598. The standard InChI is InChI=1S/C12H18N2/c1-9-8-11-10(6-7-13-2)4-3-5-12(11)14-9/h3-5,9,13-14H,6-8H2,1-2H3. The molecule has 76 valence electrons. The van der Waals surface area contributed by atoms with Crippen LogP contribution in [0.4, 0.5) is 5.69 Å². The SMILES string of the molecule is CNCCc1cccc2c1CC(C)N2. The first kappa shape index (κ1) is 9.53. The number of hydrogen-bond acceptors (Lipinski definition) is 2. The van der Waals surface area contributed by atoms with Gasteiger partial charge < -0.3 is 10.6 Å². The largest absolute Gasteiger partial charge is 0.382 e. The monoisotopic (exact) mass is 190 g/mol. The van der Waals surface area contributed by atoms with Crippen LogP contribution in [0.1, 0.15) is 18.1 Å². The Morgan fingerprint density at radius 2 is 2.36 bits per heavy atom. The average molecular weight is 190 g/mol. The van der Waals surface area contributed by atoms with Gasteiger partial charge in [0.05, 0.1) is 0 Å². The van der Waals surface area contributed by atoms with E-state index in [2.05, 4.69) is 35.8 Å². The molecule has 1 aliphatic rings. The third-order valence-corrected chi connectivity index (χ3v) is 2.83. The molecule has 2 heteroatoms. The molecule has 0 amide bonds. The van der Waals surface area contributed by atoms with E-state index in [-0.39, 0.29) is 0 Å². The Kier molecular flexibility index (Phi) is 2.73. The Balaban J connectivity index is 2.21. The molecule has 0 bridgehead atoms. The summed E-state index contributed by atoms with van der Waals surface area (Å²) in [5.74, 6) is 0. The number of anilines is 1. The van der Waals surface area contributed by atoms with Crippen LogP contribution in [-0.4, -0.2) is 19.6 Å². The van der Waals surface area contributed by atoms with Gasteiger partial charge in [-0.25, -0.2) is 0 Å². The van der Waals surface area contributed by atoms with E-state index in [9.17, 15) is 0 Å². The van der Waals surface area contributed by atoms with Gasteiger partial charge in [0.1, 0.15) is 0 Å². The van der Waals surface area contributed by atoms with Crippen LogP contribution in [0.5, 0.6) is 0 Å². The first-order chi connectivity index (χ1) is 6.81. The first-order valence-corrected chi connectivity index (χ1v) is 5.33. The summed E-state index contributed by atoms with van der Waals surface area (Å²) in [6.07, 6.45) is 2.31. The normalized spacial score (nSPS) is 19.1. The zero-order valence-electron chi connectivity index (χ0n) is 8.93. The van der Waals surface area contributed by atoms with Gasteiger partial charge in [0, 0.05) is 11.7 Å². The quantitative estimate of drug-likeness (QED) is 0.759. The second-order valence-corrected chi connectivity index (χ2v) is 4.05. The van der Waals surface area contributed by atoms with Gasteiger partial charge in [0.25, 0.3) is 0 Å². The lowest BCUT2D eigenvalue weighted by atomic mass is 10.0.